The summed E-state index contributed by atoms with van der Waals surface area (Å²) in [7, 11) is 2.26. The maximum atomic E-state index is 5.64. The topological polar surface area (TPSA) is 55.0 Å². The molecular formula is C13H20N4. The van der Waals surface area contributed by atoms with E-state index < -0.39 is 0 Å². The second-order valence-corrected chi connectivity index (χ2v) is 5.33. The summed E-state index contributed by atoms with van der Waals surface area (Å²) < 4.78 is 0. The van der Waals surface area contributed by atoms with Crippen molar-refractivity contribution in [3.8, 4) is 0 Å². The van der Waals surface area contributed by atoms with Gasteiger partial charge in [-0.25, -0.2) is 9.97 Å². The Balaban J connectivity index is 1.81. The lowest BCUT2D eigenvalue weighted by Gasteiger charge is -2.35. The molecule has 4 heteroatoms. The minimum atomic E-state index is 0.509. The predicted octanol–water partition coefficient (Wildman–Crippen LogP) is 1.28. The van der Waals surface area contributed by atoms with Crippen molar-refractivity contribution in [3.05, 3.63) is 23.8 Å². The molecule has 4 nitrogen and oxygen atoms in total. The summed E-state index contributed by atoms with van der Waals surface area (Å²) in [5.74, 6) is 1.55. The van der Waals surface area contributed by atoms with Gasteiger partial charge < -0.3 is 10.6 Å². The van der Waals surface area contributed by atoms with Crippen molar-refractivity contribution in [1.29, 1.82) is 0 Å². The molecule has 17 heavy (non-hydrogen) atoms. The average Bonchev–Trinajstić information content (AvgIpc) is 2.61. The van der Waals surface area contributed by atoms with E-state index in [-0.39, 0.29) is 0 Å². The molecule has 1 aromatic rings. The van der Waals surface area contributed by atoms with Gasteiger partial charge >= 0.3 is 0 Å². The first-order valence-corrected chi connectivity index (χ1v) is 6.51. The molecule has 0 radical (unpaired) electrons. The molecule has 0 saturated carbocycles. The molecule has 2 saturated heterocycles. The second kappa shape index (κ2) is 4.35. The highest BCUT2D eigenvalue weighted by molar-refractivity contribution is 5.09. The molecular weight excluding hydrogens is 212 g/mol. The molecule has 2 unspecified atom stereocenters. The summed E-state index contributed by atoms with van der Waals surface area (Å²) in [6.07, 6.45) is 6.95. The summed E-state index contributed by atoms with van der Waals surface area (Å²) in [6, 6.07) is 3.39. The molecule has 2 N–H and O–H groups in total. The Morgan fingerprint density at radius 2 is 2.06 bits per heavy atom. The number of fused-ring (bicyclic) bond motifs is 2. The molecule has 2 bridgehead atoms. The Morgan fingerprint density at radius 1 is 1.35 bits per heavy atom. The Bertz CT molecular complexity index is 392. The highest BCUT2D eigenvalue weighted by atomic mass is 15.2. The summed E-state index contributed by atoms with van der Waals surface area (Å²) in [5.41, 5.74) is 6.60. The zero-order chi connectivity index (χ0) is 11.8. The van der Waals surface area contributed by atoms with E-state index in [1.807, 2.05) is 12.3 Å². The van der Waals surface area contributed by atoms with E-state index in [0.29, 0.717) is 12.5 Å². The summed E-state index contributed by atoms with van der Waals surface area (Å²) in [4.78, 5) is 11.6. The van der Waals surface area contributed by atoms with Crippen molar-refractivity contribution in [3.63, 3.8) is 0 Å². The molecule has 2 atom stereocenters. The molecule has 3 rings (SSSR count). The van der Waals surface area contributed by atoms with Gasteiger partial charge in [0.05, 0.1) is 5.69 Å². The van der Waals surface area contributed by atoms with Crippen molar-refractivity contribution >= 4 is 0 Å². The third-order valence-electron chi connectivity index (χ3n) is 4.40. The van der Waals surface area contributed by atoms with Gasteiger partial charge in [-0.2, -0.15) is 0 Å². The standard InChI is InChI=1S/C13H20N4/c1-17-11-2-3-12(17)7-9(6-11)13-15-5-4-10(8-14)16-13/h4-5,9,11-12H,2-3,6-8,14H2,1H3. The monoisotopic (exact) mass is 232 g/mol. The minimum Gasteiger partial charge on any atom is -0.325 e. The van der Waals surface area contributed by atoms with Crippen LogP contribution in [0.15, 0.2) is 12.3 Å². The van der Waals surface area contributed by atoms with E-state index in [2.05, 4.69) is 21.9 Å². The van der Waals surface area contributed by atoms with Crippen molar-refractivity contribution in [2.75, 3.05) is 7.05 Å². The van der Waals surface area contributed by atoms with Crippen LogP contribution in [0.5, 0.6) is 0 Å². The number of nitrogens with zero attached hydrogens (tertiary/aromatic N) is 3. The normalized spacial score (nSPS) is 32.9. The Morgan fingerprint density at radius 3 is 2.71 bits per heavy atom. The van der Waals surface area contributed by atoms with Gasteiger partial charge in [-0.3, -0.25) is 0 Å². The fraction of sp³-hybridized carbons (Fsp3) is 0.692. The Labute approximate surface area is 102 Å². The van der Waals surface area contributed by atoms with Crippen LogP contribution < -0.4 is 5.73 Å². The number of nitrogens with two attached hydrogens (primary N) is 1. The highest BCUT2D eigenvalue weighted by Crippen LogP contribution is 2.40. The smallest absolute Gasteiger partial charge is 0.131 e. The number of piperidine rings is 1. The van der Waals surface area contributed by atoms with Crippen LogP contribution >= 0.6 is 0 Å². The summed E-state index contributed by atoms with van der Waals surface area (Å²) in [6.45, 7) is 0.509. The van der Waals surface area contributed by atoms with Gasteiger partial charge in [0.1, 0.15) is 5.82 Å². The van der Waals surface area contributed by atoms with Crippen molar-refractivity contribution in [1.82, 2.24) is 14.9 Å². The molecule has 0 amide bonds. The molecule has 2 aliphatic rings. The van der Waals surface area contributed by atoms with Crippen LogP contribution in [0.2, 0.25) is 0 Å². The van der Waals surface area contributed by atoms with Gasteiger partial charge in [-0.05, 0) is 38.8 Å². The van der Waals surface area contributed by atoms with E-state index in [1.165, 1.54) is 25.7 Å². The minimum absolute atomic E-state index is 0.509. The van der Waals surface area contributed by atoms with Crippen molar-refractivity contribution in [2.45, 2.75) is 50.2 Å². The van der Waals surface area contributed by atoms with Gasteiger partial charge in [0.25, 0.3) is 0 Å². The lowest BCUT2D eigenvalue weighted by molar-refractivity contribution is 0.159. The fourth-order valence-corrected chi connectivity index (χ4v) is 3.35. The molecule has 3 heterocycles. The fourth-order valence-electron chi connectivity index (χ4n) is 3.35. The van der Waals surface area contributed by atoms with Crippen LogP contribution in [-0.4, -0.2) is 34.0 Å². The molecule has 92 valence electrons. The quantitative estimate of drug-likeness (QED) is 0.834. The van der Waals surface area contributed by atoms with E-state index in [4.69, 9.17) is 5.73 Å². The van der Waals surface area contributed by atoms with Crippen LogP contribution in [0.3, 0.4) is 0 Å². The number of rotatable bonds is 2. The molecule has 0 spiro atoms. The molecule has 2 fully saturated rings. The average molecular weight is 232 g/mol. The molecule has 2 aliphatic heterocycles. The Kier molecular flexibility index (Phi) is 2.84. The third kappa shape index (κ3) is 1.96. The van der Waals surface area contributed by atoms with E-state index in [1.54, 1.807) is 0 Å². The van der Waals surface area contributed by atoms with Crippen molar-refractivity contribution in [2.24, 2.45) is 5.73 Å². The zero-order valence-electron chi connectivity index (χ0n) is 10.3. The first kappa shape index (κ1) is 11.1. The molecule has 0 aromatic carbocycles. The molecule has 0 aliphatic carbocycles. The van der Waals surface area contributed by atoms with Crippen LogP contribution in [0.1, 0.15) is 43.1 Å². The first-order valence-electron chi connectivity index (χ1n) is 6.51. The second-order valence-electron chi connectivity index (χ2n) is 5.33. The van der Waals surface area contributed by atoms with Gasteiger partial charge in [-0.1, -0.05) is 0 Å². The van der Waals surface area contributed by atoms with Crippen LogP contribution in [-0.2, 0) is 6.54 Å². The Hall–Kier alpha value is -1.00. The molecule has 1 aromatic heterocycles. The van der Waals surface area contributed by atoms with Crippen LogP contribution in [0, 0.1) is 0 Å². The van der Waals surface area contributed by atoms with Gasteiger partial charge in [0.2, 0.25) is 0 Å². The van der Waals surface area contributed by atoms with E-state index >= 15 is 0 Å². The largest absolute Gasteiger partial charge is 0.325 e. The first-order chi connectivity index (χ1) is 8.28. The third-order valence-corrected chi connectivity index (χ3v) is 4.40. The SMILES string of the molecule is CN1C2CCC1CC(c1nccc(CN)n1)C2. The lowest BCUT2D eigenvalue weighted by atomic mass is 9.90. The van der Waals surface area contributed by atoms with Gasteiger partial charge in [0.15, 0.2) is 0 Å². The van der Waals surface area contributed by atoms with E-state index in [9.17, 15) is 0 Å². The van der Waals surface area contributed by atoms with Gasteiger partial charge in [0, 0.05) is 30.7 Å². The van der Waals surface area contributed by atoms with Crippen LogP contribution in [0.4, 0.5) is 0 Å². The highest BCUT2D eigenvalue weighted by Gasteiger charge is 2.39. The maximum absolute atomic E-state index is 5.64. The zero-order valence-corrected chi connectivity index (χ0v) is 10.3. The number of hydrogen-bond acceptors (Lipinski definition) is 4. The van der Waals surface area contributed by atoms with Crippen LogP contribution in [0.25, 0.3) is 0 Å². The van der Waals surface area contributed by atoms with Gasteiger partial charge in [-0.15, -0.1) is 0 Å². The lowest BCUT2D eigenvalue weighted by Crippen LogP contribution is -2.39. The number of hydrogen-bond donors (Lipinski definition) is 1. The maximum Gasteiger partial charge on any atom is 0.131 e. The summed E-state index contributed by atoms with van der Waals surface area (Å²) >= 11 is 0. The summed E-state index contributed by atoms with van der Waals surface area (Å²) in [5, 5.41) is 0. The number of aromatic nitrogens is 2. The van der Waals surface area contributed by atoms with E-state index in [0.717, 1.165) is 23.6 Å². The van der Waals surface area contributed by atoms with Crippen molar-refractivity contribution < 1.29 is 0 Å². The predicted molar refractivity (Wildman–Crippen MR) is 66.5 cm³/mol.